The van der Waals surface area contributed by atoms with E-state index in [0.717, 1.165) is 43.0 Å². The second kappa shape index (κ2) is 14.9. The summed E-state index contributed by atoms with van der Waals surface area (Å²) < 4.78 is 14.6. The zero-order chi connectivity index (χ0) is 23.1. The van der Waals surface area contributed by atoms with E-state index >= 15 is 0 Å². The zero-order valence-electron chi connectivity index (χ0n) is 18.9. The molecule has 0 aromatic heterocycles. The molecule has 0 saturated heterocycles. The van der Waals surface area contributed by atoms with Gasteiger partial charge in [0.25, 0.3) is 0 Å². The Labute approximate surface area is 185 Å². The Morgan fingerprint density at radius 3 is 2.68 bits per heavy atom. The summed E-state index contributed by atoms with van der Waals surface area (Å²) in [5.74, 6) is 0.125. The number of nitrogens with two attached hydrogens (primary N) is 1. The fraction of sp³-hybridized carbons (Fsp3) is 0.478. The molecule has 0 aromatic carbocycles. The highest BCUT2D eigenvalue weighted by Crippen LogP contribution is 2.32. The lowest BCUT2D eigenvalue weighted by Gasteiger charge is -2.25. The van der Waals surface area contributed by atoms with E-state index in [9.17, 15) is 4.39 Å². The average Bonchev–Trinajstić information content (AvgIpc) is 2.75. The van der Waals surface area contributed by atoms with Crippen LogP contribution in [-0.2, 0) is 0 Å². The topological polar surface area (TPSA) is 111 Å². The van der Waals surface area contributed by atoms with Crippen molar-refractivity contribution < 1.29 is 4.39 Å². The molecule has 0 saturated carbocycles. The van der Waals surface area contributed by atoms with Gasteiger partial charge in [-0.15, -0.1) is 10.2 Å². The van der Waals surface area contributed by atoms with Crippen LogP contribution in [0.2, 0.25) is 0 Å². The van der Waals surface area contributed by atoms with E-state index in [4.69, 9.17) is 11.1 Å². The van der Waals surface area contributed by atoms with E-state index < -0.39 is 6.17 Å². The van der Waals surface area contributed by atoms with Crippen LogP contribution in [0.1, 0.15) is 52.9 Å². The minimum absolute atomic E-state index is 0.125. The highest BCUT2D eigenvalue weighted by atomic mass is 19.1. The lowest BCUT2D eigenvalue weighted by Crippen LogP contribution is -2.25. The molecule has 0 radical (unpaired) electrons. The maximum Gasteiger partial charge on any atom is 0.157 e. The summed E-state index contributed by atoms with van der Waals surface area (Å²) in [6, 6.07) is 0. The van der Waals surface area contributed by atoms with Gasteiger partial charge in [0.1, 0.15) is 12.5 Å². The molecule has 5 N–H and O–H groups in total. The lowest BCUT2D eigenvalue weighted by molar-refractivity contribution is 0.371. The third-order valence-electron chi connectivity index (χ3n) is 4.75. The van der Waals surface area contributed by atoms with Gasteiger partial charge in [-0.25, -0.2) is 4.39 Å². The summed E-state index contributed by atoms with van der Waals surface area (Å²) in [7, 11) is 0. The van der Waals surface area contributed by atoms with Gasteiger partial charge in [-0.2, -0.15) is 0 Å². The molecular formula is C23H36FN7. The Morgan fingerprint density at radius 2 is 2.06 bits per heavy atom. The Hall–Kier alpha value is -3.03. The molecule has 1 aliphatic carbocycles. The SMILES string of the molecule is C=N/C=C(C(=C/C=N)/NCC)\C(N)=N\N=C/NCC1=C(CCC)C(CCC)=CCC1F. The summed E-state index contributed by atoms with van der Waals surface area (Å²) in [5, 5.41) is 21.4. The molecule has 8 heteroatoms. The van der Waals surface area contributed by atoms with Crippen LogP contribution in [0, 0.1) is 5.41 Å². The monoisotopic (exact) mass is 429 g/mol. The number of rotatable bonds is 14. The second-order valence-corrected chi connectivity index (χ2v) is 7.05. The highest BCUT2D eigenvalue weighted by molar-refractivity contribution is 6.01. The summed E-state index contributed by atoms with van der Waals surface area (Å²) in [5.41, 5.74) is 10.3. The van der Waals surface area contributed by atoms with Gasteiger partial charge in [-0.1, -0.05) is 32.8 Å². The molecule has 0 aliphatic heterocycles. The molecule has 1 rings (SSSR count). The molecule has 1 aliphatic rings. The van der Waals surface area contributed by atoms with Crippen molar-refractivity contribution in [3.05, 3.63) is 46.3 Å². The Morgan fingerprint density at radius 1 is 1.32 bits per heavy atom. The fourth-order valence-corrected chi connectivity index (χ4v) is 3.44. The number of aliphatic imine (C=N–C) groups is 1. The van der Waals surface area contributed by atoms with Gasteiger partial charge < -0.3 is 21.8 Å². The van der Waals surface area contributed by atoms with E-state index in [1.54, 1.807) is 6.08 Å². The van der Waals surface area contributed by atoms with Crippen molar-refractivity contribution in [1.29, 1.82) is 5.41 Å². The normalized spacial score (nSPS) is 18.3. The van der Waals surface area contributed by atoms with Gasteiger partial charge in [0.2, 0.25) is 0 Å². The molecule has 31 heavy (non-hydrogen) atoms. The van der Waals surface area contributed by atoms with E-state index in [-0.39, 0.29) is 5.84 Å². The number of alkyl halides is 1. The molecule has 1 unspecified atom stereocenters. The van der Waals surface area contributed by atoms with Gasteiger partial charge in [0.15, 0.2) is 5.84 Å². The number of hydrogen-bond donors (Lipinski definition) is 4. The maximum absolute atomic E-state index is 14.6. The van der Waals surface area contributed by atoms with Crippen molar-refractivity contribution >= 4 is 25.1 Å². The van der Waals surface area contributed by atoms with Crippen LogP contribution < -0.4 is 16.4 Å². The molecule has 170 valence electrons. The van der Waals surface area contributed by atoms with E-state index in [1.165, 1.54) is 18.1 Å². The third kappa shape index (κ3) is 8.32. The first-order valence-electron chi connectivity index (χ1n) is 10.8. The van der Waals surface area contributed by atoms with Gasteiger partial charge in [0, 0.05) is 37.6 Å². The van der Waals surface area contributed by atoms with Crippen molar-refractivity contribution in [1.82, 2.24) is 10.6 Å². The Bertz CT molecular complexity index is 788. The third-order valence-corrected chi connectivity index (χ3v) is 4.75. The van der Waals surface area contributed by atoms with Crippen molar-refractivity contribution in [2.45, 2.75) is 59.0 Å². The molecule has 0 spiro atoms. The molecule has 0 aromatic rings. The molecule has 0 heterocycles. The Kier molecular flexibility index (Phi) is 12.5. The smallest absolute Gasteiger partial charge is 0.157 e. The molecule has 7 nitrogen and oxygen atoms in total. The van der Waals surface area contributed by atoms with Gasteiger partial charge in [-0.05, 0) is 49.3 Å². The highest BCUT2D eigenvalue weighted by Gasteiger charge is 2.22. The fourth-order valence-electron chi connectivity index (χ4n) is 3.44. The molecule has 1 atom stereocenters. The van der Waals surface area contributed by atoms with Crippen LogP contribution in [0.15, 0.2) is 61.5 Å². The molecular weight excluding hydrogens is 393 g/mol. The van der Waals surface area contributed by atoms with Gasteiger partial charge in [0.05, 0.1) is 5.57 Å². The summed E-state index contributed by atoms with van der Waals surface area (Å²) >= 11 is 0. The van der Waals surface area contributed by atoms with Crippen molar-refractivity contribution in [2.24, 2.45) is 20.9 Å². The van der Waals surface area contributed by atoms with E-state index in [0.29, 0.717) is 30.8 Å². The van der Waals surface area contributed by atoms with Gasteiger partial charge in [-0.3, -0.25) is 4.99 Å². The van der Waals surface area contributed by atoms with Crippen LogP contribution >= 0.6 is 0 Å². The average molecular weight is 430 g/mol. The van der Waals surface area contributed by atoms with Crippen LogP contribution in [0.5, 0.6) is 0 Å². The Balaban J connectivity index is 2.93. The first kappa shape index (κ1) is 26.0. The predicted octanol–water partition coefficient (Wildman–Crippen LogP) is 4.17. The first-order chi connectivity index (χ1) is 15.0. The summed E-state index contributed by atoms with van der Waals surface area (Å²) in [6.07, 6.45) is 11.0. The van der Waals surface area contributed by atoms with E-state index in [2.05, 4.69) is 46.4 Å². The number of amidine groups is 1. The van der Waals surface area contributed by atoms with Crippen molar-refractivity contribution in [3.8, 4) is 0 Å². The largest absolute Gasteiger partial charge is 0.385 e. The lowest BCUT2D eigenvalue weighted by atomic mass is 9.85. The number of hydrogen-bond acceptors (Lipinski definition) is 5. The minimum Gasteiger partial charge on any atom is -0.385 e. The zero-order valence-corrected chi connectivity index (χ0v) is 18.9. The number of likely N-dealkylation sites (N-methyl/N-ethyl adjacent to an activating group) is 1. The molecule has 0 amide bonds. The van der Waals surface area contributed by atoms with E-state index in [1.807, 2.05) is 13.0 Å². The second-order valence-electron chi connectivity index (χ2n) is 7.05. The molecule has 0 bridgehead atoms. The van der Waals surface area contributed by atoms with Gasteiger partial charge >= 0.3 is 0 Å². The van der Waals surface area contributed by atoms with Crippen LogP contribution in [0.4, 0.5) is 4.39 Å². The number of nitrogens with one attached hydrogen (secondary N) is 3. The summed E-state index contributed by atoms with van der Waals surface area (Å²) in [4.78, 5) is 3.75. The number of allylic oxidation sites excluding steroid dienone is 4. The number of nitrogens with zero attached hydrogens (tertiary/aromatic N) is 3. The standard InChI is InChI=1S/C23H36FN7/c1-5-8-17-10-11-21(24)19(18(17)9-6-2)15-28-16-30-31-23(26)20(14-27-4)22(12-13-25)29-7-3/h10,12-14,16,21,25,29H,4-9,11,15H2,1-3H3,(H2,26,31)(H,28,30)/b20-14-,22-12-,25-13?. The maximum atomic E-state index is 14.6. The van der Waals surface area contributed by atoms with Crippen molar-refractivity contribution in [3.63, 3.8) is 0 Å². The molecule has 0 fully saturated rings. The quantitative estimate of drug-likeness (QED) is 0.144. The minimum atomic E-state index is -0.973. The predicted molar refractivity (Wildman–Crippen MR) is 131 cm³/mol. The first-order valence-corrected chi connectivity index (χ1v) is 10.8. The van der Waals surface area contributed by atoms with Crippen LogP contribution in [-0.4, -0.2) is 44.4 Å². The van der Waals surface area contributed by atoms with Crippen LogP contribution in [0.25, 0.3) is 0 Å². The number of halogens is 1. The summed E-state index contributed by atoms with van der Waals surface area (Å²) in [6.45, 7) is 10.6. The van der Waals surface area contributed by atoms with Crippen LogP contribution in [0.3, 0.4) is 0 Å². The van der Waals surface area contributed by atoms with Crippen molar-refractivity contribution in [2.75, 3.05) is 13.1 Å².